The number of benzene rings is 1. The van der Waals surface area contributed by atoms with Crippen LogP contribution in [0, 0.1) is 0 Å². The second kappa shape index (κ2) is 9.90. The maximum Gasteiger partial charge on any atom is 0.244 e. The number of hydrogen-bond donors (Lipinski definition) is 7. The highest BCUT2D eigenvalue weighted by atomic mass is 16.3. The molecule has 2 rings (SSSR count). The number of H-pyrrole nitrogens is 1. The molecule has 0 saturated carbocycles. The number of carbonyl (C=O) groups is 3. The van der Waals surface area contributed by atoms with Crippen molar-refractivity contribution in [2.45, 2.75) is 18.5 Å². The summed E-state index contributed by atoms with van der Waals surface area (Å²) in [6, 6.07) is 1.62. The average Bonchev–Trinajstić information content (AvgIpc) is 3.19. The van der Waals surface area contributed by atoms with E-state index < -0.39 is 36.4 Å². The summed E-state index contributed by atoms with van der Waals surface area (Å²) in [4.78, 5) is 42.6. The number of rotatable bonds is 9. The van der Waals surface area contributed by atoms with Crippen LogP contribution in [0.25, 0.3) is 6.08 Å². The number of aromatic hydroxyl groups is 2. The first-order valence-corrected chi connectivity index (χ1v) is 8.48. The van der Waals surface area contributed by atoms with E-state index in [1.165, 1.54) is 36.8 Å². The van der Waals surface area contributed by atoms with Crippen LogP contribution in [0.5, 0.6) is 11.5 Å². The van der Waals surface area contributed by atoms with Crippen molar-refractivity contribution in [1.29, 1.82) is 0 Å². The Hall–Kier alpha value is -3.86. The predicted molar refractivity (Wildman–Crippen MR) is 101 cm³/mol. The van der Waals surface area contributed by atoms with E-state index >= 15 is 0 Å². The van der Waals surface area contributed by atoms with Gasteiger partial charge in [-0.25, -0.2) is 4.98 Å². The molecule has 0 aliphatic heterocycles. The van der Waals surface area contributed by atoms with E-state index in [0.29, 0.717) is 11.3 Å². The Morgan fingerprint density at radius 3 is 2.52 bits per heavy atom. The molecule has 0 radical (unpaired) electrons. The number of nitrogens with one attached hydrogen (secondary N) is 3. The van der Waals surface area contributed by atoms with Crippen LogP contribution in [-0.2, 0) is 20.8 Å². The summed E-state index contributed by atoms with van der Waals surface area (Å²) in [5.74, 6) is -2.90. The molecular formula is C18H21N5O6. The van der Waals surface area contributed by atoms with Gasteiger partial charge >= 0.3 is 0 Å². The first-order chi connectivity index (χ1) is 13.8. The molecule has 1 heterocycles. The lowest BCUT2D eigenvalue weighted by Crippen LogP contribution is -2.54. The van der Waals surface area contributed by atoms with Crippen LogP contribution in [-0.4, -0.2) is 61.7 Å². The molecule has 0 unspecified atom stereocenters. The molecule has 11 heteroatoms. The van der Waals surface area contributed by atoms with E-state index in [4.69, 9.17) is 10.8 Å². The number of hydrogen-bond acceptors (Lipinski definition) is 7. The number of nitrogens with zero attached hydrogens (tertiary/aromatic N) is 1. The quantitative estimate of drug-likeness (QED) is 0.196. The molecule has 11 nitrogen and oxygen atoms in total. The normalized spacial score (nSPS) is 13.0. The zero-order chi connectivity index (χ0) is 21.4. The van der Waals surface area contributed by atoms with Crippen molar-refractivity contribution in [1.82, 2.24) is 20.6 Å². The highest BCUT2D eigenvalue weighted by Crippen LogP contribution is 2.25. The van der Waals surface area contributed by atoms with E-state index in [0.717, 1.165) is 6.08 Å². The molecule has 29 heavy (non-hydrogen) atoms. The Kier molecular flexibility index (Phi) is 7.32. The van der Waals surface area contributed by atoms with Gasteiger partial charge in [-0.1, -0.05) is 6.07 Å². The third kappa shape index (κ3) is 6.36. The molecule has 154 valence electrons. The Bertz CT molecular complexity index is 896. The standard InChI is InChI=1S/C18H21N5O6/c19-17(28)13(8-24)23-18(29)12(6-11-7-20-9-21-11)22-16(27)4-2-10-1-3-14(25)15(26)5-10/h1-5,7,9,12-13,24-26H,6,8H2,(H2,19,28)(H,20,21)(H,22,27)(H,23,29)/b4-2+/t12-,13-/m0/s1. The summed E-state index contributed by atoms with van der Waals surface area (Å²) in [5, 5.41) is 32.7. The van der Waals surface area contributed by atoms with Crippen molar-refractivity contribution in [3.63, 3.8) is 0 Å². The molecule has 0 fully saturated rings. The van der Waals surface area contributed by atoms with Crippen molar-refractivity contribution in [3.05, 3.63) is 48.1 Å². The summed E-state index contributed by atoms with van der Waals surface area (Å²) < 4.78 is 0. The average molecular weight is 403 g/mol. The smallest absolute Gasteiger partial charge is 0.244 e. The van der Waals surface area contributed by atoms with Crippen LogP contribution in [0.4, 0.5) is 0 Å². The van der Waals surface area contributed by atoms with Crippen LogP contribution in [0.3, 0.4) is 0 Å². The van der Waals surface area contributed by atoms with Gasteiger partial charge in [0.25, 0.3) is 0 Å². The van der Waals surface area contributed by atoms with Gasteiger partial charge in [-0.05, 0) is 23.8 Å². The van der Waals surface area contributed by atoms with Gasteiger partial charge in [0.05, 0.1) is 12.9 Å². The van der Waals surface area contributed by atoms with Gasteiger partial charge in [0.15, 0.2) is 11.5 Å². The number of phenolic OH excluding ortho intramolecular Hbond substituents is 2. The van der Waals surface area contributed by atoms with Gasteiger partial charge < -0.3 is 36.7 Å². The zero-order valence-electron chi connectivity index (χ0n) is 15.2. The SMILES string of the molecule is NC(=O)[C@H](CO)NC(=O)[C@H](Cc1cnc[nH]1)NC(=O)/C=C/c1ccc(O)c(O)c1. The van der Waals surface area contributed by atoms with Crippen LogP contribution < -0.4 is 16.4 Å². The number of aromatic amines is 1. The summed E-state index contributed by atoms with van der Waals surface area (Å²) in [6.07, 6.45) is 5.43. The largest absolute Gasteiger partial charge is 0.504 e. The minimum Gasteiger partial charge on any atom is -0.504 e. The number of phenols is 2. The number of aliphatic hydroxyl groups is 1. The number of primary amides is 1. The maximum absolute atomic E-state index is 12.5. The van der Waals surface area contributed by atoms with Crippen molar-refractivity contribution < 1.29 is 29.7 Å². The van der Waals surface area contributed by atoms with Crippen molar-refractivity contribution >= 4 is 23.8 Å². The monoisotopic (exact) mass is 403 g/mol. The second-order valence-electron chi connectivity index (χ2n) is 6.07. The number of aromatic nitrogens is 2. The highest BCUT2D eigenvalue weighted by molar-refractivity contribution is 5.96. The number of carbonyl (C=O) groups excluding carboxylic acids is 3. The highest BCUT2D eigenvalue weighted by Gasteiger charge is 2.25. The predicted octanol–water partition coefficient (Wildman–Crippen LogP) is -1.48. The fourth-order valence-corrected chi connectivity index (χ4v) is 2.34. The van der Waals surface area contributed by atoms with E-state index in [1.54, 1.807) is 0 Å². The molecule has 2 aromatic rings. The number of aliphatic hydroxyl groups excluding tert-OH is 1. The van der Waals surface area contributed by atoms with Crippen molar-refractivity contribution in [2.75, 3.05) is 6.61 Å². The summed E-state index contributed by atoms with van der Waals surface area (Å²) in [5.41, 5.74) is 6.10. The van der Waals surface area contributed by atoms with E-state index in [-0.39, 0.29) is 17.9 Å². The molecule has 0 aliphatic rings. The minimum absolute atomic E-state index is 0.0440. The van der Waals surface area contributed by atoms with Gasteiger partial charge in [-0.15, -0.1) is 0 Å². The van der Waals surface area contributed by atoms with Crippen LogP contribution in [0.2, 0.25) is 0 Å². The van der Waals surface area contributed by atoms with E-state index in [2.05, 4.69) is 20.6 Å². The fraction of sp³-hybridized carbons (Fsp3) is 0.222. The van der Waals surface area contributed by atoms with E-state index in [9.17, 15) is 24.6 Å². The molecule has 3 amide bonds. The molecular weight excluding hydrogens is 382 g/mol. The molecule has 0 bridgehead atoms. The number of amides is 3. The lowest BCUT2D eigenvalue weighted by Gasteiger charge is -2.20. The third-order valence-corrected chi connectivity index (χ3v) is 3.88. The molecule has 1 aromatic carbocycles. The molecule has 0 saturated heterocycles. The van der Waals surface area contributed by atoms with Gasteiger partial charge in [0, 0.05) is 24.4 Å². The Morgan fingerprint density at radius 2 is 1.93 bits per heavy atom. The van der Waals surface area contributed by atoms with Gasteiger partial charge in [-0.3, -0.25) is 14.4 Å². The third-order valence-electron chi connectivity index (χ3n) is 3.88. The lowest BCUT2D eigenvalue weighted by molar-refractivity contribution is -0.131. The second-order valence-corrected chi connectivity index (χ2v) is 6.07. The van der Waals surface area contributed by atoms with Crippen molar-refractivity contribution in [3.8, 4) is 11.5 Å². The first-order valence-electron chi connectivity index (χ1n) is 8.48. The molecule has 0 aliphatic carbocycles. The minimum atomic E-state index is -1.29. The Balaban J connectivity index is 2.10. The van der Waals surface area contributed by atoms with Crippen LogP contribution in [0.15, 0.2) is 36.8 Å². The number of imidazole rings is 1. The van der Waals surface area contributed by atoms with Crippen molar-refractivity contribution in [2.24, 2.45) is 5.73 Å². The Morgan fingerprint density at radius 1 is 1.17 bits per heavy atom. The summed E-state index contributed by atoms with van der Waals surface area (Å²) >= 11 is 0. The van der Waals surface area contributed by atoms with Gasteiger partial charge in [0.1, 0.15) is 12.1 Å². The summed E-state index contributed by atoms with van der Waals surface area (Å²) in [6.45, 7) is -0.684. The molecule has 1 aromatic heterocycles. The lowest BCUT2D eigenvalue weighted by atomic mass is 10.1. The Labute approximate surface area is 165 Å². The first kappa shape index (κ1) is 21.4. The zero-order valence-corrected chi connectivity index (χ0v) is 15.2. The van der Waals surface area contributed by atoms with Crippen LogP contribution in [0.1, 0.15) is 11.3 Å². The van der Waals surface area contributed by atoms with Crippen LogP contribution >= 0.6 is 0 Å². The molecule has 2 atom stereocenters. The fourth-order valence-electron chi connectivity index (χ4n) is 2.34. The van der Waals surface area contributed by atoms with Gasteiger partial charge in [-0.2, -0.15) is 0 Å². The maximum atomic E-state index is 12.5. The van der Waals surface area contributed by atoms with E-state index in [1.807, 2.05) is 0 Å². The van der Waals surface area contributed by atoms with Gasteiger partial charge in [0.2, 0.25) is 17.7 Å². The molecule has 8 N–H and O–H groups in total. The number of nitrogens with two attached hydrogens (primary N) is 1. The topological polar surface area (TPSA) is 191 Å². The molecule has 0 spiro atoms. The summed E-state index contributed by atoms with van der Waals surface area (Å²) in [7, 11) is 0.